The normalized spacial score (nSPS) is 13.5. The van der Waals surface area contributed by atoms with Crippen molar-refractivity contribution in [1.29, 1.82) is 0 Å². The van der Waals surface area contributed by atoms with Crippen molar-refractivity contribution in [2.24, 2.45) is 0 Å². The van der Waals surface area contributed by atoms with Crippen molar-refractivity contribution in [3.63, 3.8) is 0 Å². The number of rotatable bonds is 4. The molecule has 4 rings (SSSR count). The monoisotopic (exact) mass is 362 g/mol. The molecule has 0 saturated carbocycles. The molecule has 0 atom stereocenters. The summed E-state index contributed by atoms with van der Waals surface area (Å²) in [6.45, 7) is 1.27. The van der Waals surface area contributed by atoms with E-state index in [1.54, 1.807) is 42.3 Å². The van der Waals surface area contributed by atoms with Gasteiger partial charge in [-0.2, -0.15) is 0 Å². The van der Waals surface area contributed by atoms with Crippen molar-refractivity contribution >= 4 is 34.2 Å². The number of hydrogen-bond donors (Lipinski definition) is 2. The fraction of sp³-hybridized carbons (Fsp3) is 0.150. The molecule has 0 aliphatic carbocycles. The molecular weight excluding hydrogens is 344 g/mol. The van der Waals surface area contributed by atoms with Crippen LogP contribution in [0.5, 0.6) is 5.75 Å². The van der Waals surface area contributed by atoms with Gasteiger partial charge in [0.1, 0.15) is 11.4 Å². The van der Waals surface area contributed by atoms with Crippen molar-refractivity contribution in [2.45, 2.75) is 0 Å². The number of urea groups is 1. The quantitative estimate of drug-likeness (QED) is 0.747. The Morgan fingerprint density at radius 1 is 1.15 bits per heavy atom. The molecule has 0 bridgehead atoms. The van der Waals surface area contributed by atoms with Gasteiger partial charge in [0.2, 0.25) is 0 Å². The van der Waals surface area contributed by atoms with Gasteiger partial charge in [-0.15, -0.1) is 0 Å². The van der Waals surface area contributed by atoms with E-state index in [1.807, 2.05) is 24.3 Å². The number of ether oxygens (including phenoxy) is 1. The van der Waals surface area contributed by atoms with Crippen molar-refractivity contribution in [3.05, 3.63) is 60.3 Å². The number of amides is 3. The largest absolute Gasteiger partial charge is 0.497 e. The van der Waals surface area contributed by atoms with Gasteiger partial charge in [0.25, 0.3) is 5.91 Å². The lowest BCUT2D eigenvalue weighted by molar-refractivity contribution is 0.102. The smallest absolute Gasteiger partial charge is 0.321 e. The summed E-state index contributed by atoms with van der Waals surface area (Å²) in [4.78, 5) is 30.3. The molecule has 2 N–H and O–H groups in total. The van der Waals surface area contributed by atoms with Crippen LogP contribution >= 0.6 is 0 Å². The van der Waals surface area contributed by atoms with Crippen molar-refractivity contribution in [1.82, 2.24) is 10.3 Å². The van der Waals surface area contributed by atoms with Crippen LogP contribution in [0.3, 0.4) is 0 Å². The molecule has 1 saturated heterocycles. The summed E-state index contributed by atoms with van der Waals surface area (Å²) in [5.41, 5.74) is 2.48. The van der Waals surface area contributed by atoms with Gasteiger partial charge < -0.3 is 15.4 Å². The summed E-state index contributed by atoms with van der Waals surface area (Å²) in [6.07, 6.45) is 0. The second kappa shape index (κ2) is 6.95. The summed E-state index contributed by atoms with van der Waals surface area (Å²) >= 11 is 0. The van der Waals surface area contributed by atoms with Crippen LogP contribution in [0.15, 0.2) is 54.6 Å². The predicted molar refractivity (Wildman–Crippen MR) is 103 cm³/mol. The number of nitrogens with one attached hydrogen (secondary N) is 2. The highest BCUT2D eigenvalue weighted by molar-refractivity contribution is 6.04. The zero-order chi connectivity index (χ0) is 18.8. The van der Waals surface area contributed by atoms with Gasteiger partial charge in [0.15, 0.2) is 0 Å². The van der Waals surface area contributed by atoms with E-state index in [-0.39, 0.29) is 11.9 Å². The van der Waals surface area contributed by atoms with Crippen molar-refractivity contribution in [2.75, 3.05) is 30.4 Å². The van der Waals surface area contributed by atoms with E-state index < -0.39 is 0 Å². The number of aromatic nitrogens is 1. The van der Waals surface area contributed by atoms with Gasteiger partial charge >= 0.3 is 6.03 Å². The number of pyridine rings is 1. The first-order valence-corrected chi connectivity index (χ1v) is 8.55. The van der Waals surface area contributed by atoms with Crippen molar-refractivity contribution < 1.29 is 14.3 Å². The lowest BCUT2D eigenvalue weighted by Crippen LogP contribution is -2.27. The average molecular weight is 362 g/mol. The second-order valence-electron chi connectivity index (χ2n) is 6.14. The zero-order valence-corrected chi connectivity index (χ0v) is 14.7. The molecule has 3 aromatic rings. The number of nitrogens with zero attached hydrogens (tertiary/aromatic N) is 2. The summed E-state index contributed by atoms with van der Waals surface area (Å²) in [5, 5.41) is 6.49. The van der Waals surface area contributed by atoms with Gasteiger partial charge in [-0.3, -0.25) is 9.69 Å². The Labute approximate surface area is 156 Å². The number of methoxy groups -OCH3 is 1. The van der Waals surface area contributed by atoms with Crippen LogP contribution in [0.1, 0.15) is 10.5 Å². The first-order chi connectivity index (χ1) is 13.1. The van der Waals surface area contributed by atoms with Gasteiger partial charge in [-0.1, -0.05) is 6.07 Å². The van der Waals surface area contributed by atoms with Crippen LogP contribution < -0.4 is 20.3 Å². The molecule has 1 aliphatic heterocycles. The molecule has 1 aliphatic rings. The number of benzene rings is 2. The van der Waals surface area contributed by atoms with E-state index >= 15 is 0 Å². The predicted octanol–water partition coefficient (Wildman–Crippen LogP) is 3.03. The van der Waals surface area contributed by atoms with Crippen LogP contribution in [0.25, 0.3) is 10.9 Å². The maximum Gasteiger partial charge on any atom is 0.321 e. The van der Waals surface area contributed by atoms with E-state index in [0.717, 1.165) is 22.3 Å². The molecule has 2 aromatic carbocycles. The minimum atomic E-state index is -0.292. The lowest BCUT2D eigenvalue weighted by Gasteiger charge is -2.14. The zero-order valence-electron chi connectivity index (χ0n) is 14.7. The average Bonchev–Trinajstić information content (AvgIpc) is 3.13. The standard InChI is InChI=1S/C20H18N4O3/c1-27-16-7-9-17-13(12-16)2-8-18(23-17)19(25)22-14-3-5-15(6-4-14)24-11-10-21-20(24)26/h2-9,12H,10-11H2,1H3,(H,21,26)(H,22,25). The fourth-order valence-corrected chi connectivity index (χ4v) is 2.99. The number of anilines is 2. The Morgan fingerprint density at radius 3 is 2.67 bits per heavy atom. The third kappa shape index (κ3) is 3.39. The summed E-state index contributed by atoms with van der Waals surface area (Å²) < 4.78 is 5.20. The molecule has 0 unspecified atom stereocenters. The van der Waals surface area contributed by atoms with Gasteiger partial charge in [-0.05, 0) is 48.5 Å². The van der Waals surface area contributed by atoms with E-state index in [9.17, 15) is 9.59 Å². The topological polar surface area (TPSA) is 83.6 Å². The lowest BCUT2D eigenvalue weighted by atomic mass is 10.2. The maximum atomic E-state index is 12.5. The Morgan fingerprint density at radius 2 is 1.96 bits per heavy atom. The molecule has 0 spiro atoms. The molecule has 2 heterocycles. The van der Waals surface area contributed by atoms with E-state index in [0.29, 0.717) is 24.5 Å². The van der Waals surface area contributed by atoms with Crippen LogP contribution in [0.2, 0.25) is 0 Å². The SMILES string of the molecule is COc1ccc2nc(C(=O)Nc3ccc(N4CCNC4=O)cc3)ccc2c1. The molecule has 1 fully saturated rings. The number of hydrogen-bond acceptors (Lipinski definition) is 4. The summed E-state index contributed by atoms with van der Waals surface area (Å²) in [6, 6.07) is 16.1. The van der Waals surface area contributed by atoms with Crippen LogP contribution in [-0.2, 0) is 0 Å². The van der Waals surface area contributed by atoms with Crippen molar-refractivity contribution in [3.8, 4) is 5.75 Å². The fourth-order valence-electron chi connectivity index (χ4n) is 2.99. The number of carbonyl (C=O) groups is 2. The first kappa shape index (κ1) is 16.8. The third-order valence-electron chi connectivity index (χ3n) is 4.42. The van der Waals surface area contributed by atoms with Gasteiger partial charge in [0.05, 0.1) is 12.6 Å². The first-order valence-electron chi connectivity index (χ1n) is 8.55. The van der Waals surface area contributed by atoms with E-state index in [4.69, 9.17) is 4.74 Å². The van der Waals surface area contributed by atoms with E-state index in [2.05, 4.69) is 15.6 Å². The van der Waals surface area contributed by atoms with E-state index in [1.165, 1.54) is 0 Å². The highest BCUT2D eigenvalue weighted by atomic mass is 16.5. The Hall–Kier alpha value is -3.61. The van der Waals surface area contributed by atoms with Crippen LogP contribution in [0, 0.1) is 0 Å². The summed E-state index contributed by atoms with van der Waals surface area (Å²) in [5.74, 6) is 0.452. The van der Waals surface area contributed by atoms with Crippen LogP contribution in [0.4, 0.5) is 16.2 Å². The number of carbonyl (C=O) groups excluding carboxylic acids is 2. The molecule has 7 heteroatoms. The second-order valence-corrected chi connectivity index (χ2v) is 6.14. The molecule has 7 nitrogen and oxygen atoms in total. The molecule has 136 valence electrons. The maximum absolute atomic E-state index is 12.5. The third-order valence-corrected chi connectivity index (χ3v) is 4.42. The summed E-state index contributed by atoms with van der Waals surface area (Å²) in [7, 11) is 1.61. The molecule has 0 radical (unpaired) electrons. The minimum absolute atomic E-state index is 0.108. The number of fused-ring (bicyclic) bond motifs is 1. The molecular formula is C20H18N4O3. The molecule has 27 heavy (non-hydrogen) atoms. The van der Waals surface area contributed by atoms with Gasteiger partial charge in [-0.25, -0.2) is 9.78 Å². The Balaban J connectivity index is 1.50. The minimum Gasteiger partial charge on any atom is -0.497 e. The highest BCUT2D eigenvalue weighted by Gasteiger charge is 2.20. The molecule has 3 amide bonds. The Bertz CT molecular complexity index is 1020. The Kier molecular flexibility index (Phi) is 4.33. The van der Waals surface area contributed by atoms with Gasteiger partial charge in [0, 0.05) is 29.9 Å². The van der Waals surface area contributed by atoms with Crippen LogP contribution in [-0.4, -0.2) is 37.1 Å². The highest BCUT2D eigenvalue weighted by Crippen LogP contribution is 2.22. The molecule has 1 aromatic heterocycles.